The second-order valence-electron chi connectivity index (χ2n) is 4.58. The van der Waals surface area contributed by atoms with Gasteiger partial charge in [0.05, 0.1) is 0 Å². The van der Waals surface area contributed by atoms with Gasteiger partial charge in [-0.2, -0.15) is 0 Å². The van der Waals surface area contributed by atoms with Crippen molar-refractivity contribution in [1.29, 1.82) is 0 Å². The molecule has 1 aliphatic rings. The predicted molar refractivity (Wildman–Crippen MR) is 52.4 cm³/mol. The van der Waals surface area contributed by atoms with Gasteiger partial charge in [-0.15, -0.1) is 5.10 Å². The molecule has 2 rings (SSSR count). The molecule has 0 aromatic carbocycles. The molecule has 0 radical (unpaired) electrons. The minimum absolute atomic E-state index is 0.237. The number of hydrogen-bond donors (Lipinski definition) is 2. The van der Waals surface area contributed by atoms with E-state index < -0.39 is 0 Å². The molecule has 1 aromatic rings. The van der Waals surface area contributed by atoms with Crippen molar-refractivity contribution in [2.75, 3.05) is 6.54 Å². The van der Waals surface area contributed by atoms with E-state index in [0.717, 1.165) is 24.7 Å². The summed E-state index contributed by atoms with van der Waals surface area (Å²) in [5, 5.41) is 13.9. The molecule has 14 heavy (non-hydrogen) atoms. The van der Waals surface area contributed by atoms with Crippen LogP contribution in [0, 0.1) is 11.3 Å². The van der Waals surface area contributed by atoms with Crippen molar-refractivity contribution >= 4 is 0 Å². The molecule has 1 aliphatic carbocycles. The van der Waals surface area contributed by atoms with E-state index >= 15 is 0 Å². The number of rotatable bonds is 3. The second kappa shape index (κ2) is 3.65. The van der Waals surface area contributed by atoms with Gasteiger partial charge >= 0.3 is 0 Å². The number of nitrogens with two attached hydrogens (primary N) is 1. The Labute approximate surface area is 83.5 Å². The van der Waals surface area contributed by atoms with Crippen LogP contribution in [0.25, 0.3) is 0 Å². The number of aromatic nitrogens is 4. The number of tetrazole rings is 1. The number of hydrogen-bond acceptors (Lipinski definition) is 4. The molecule has 1 heterocycles. The maximum Gasteiger partial charge on any atom is 0.149 e. The van der Waals surface area contributed by atoms with Crippen molar-refractivity contribution in [3.05, 3.63) is 5.82 Å². The van der Waals surface area contributed by atoms with Crippen molar-refractivity contribution in [2.45, 2.75) is 32.6 Å². The fourth-order valence-corrected chi connectivity index (χ4v) is 2.52. The third-order valence-electron chi connectivity index (χ3n) is 3.31. The lowest BCUT2D eigenvalue weighted by atomic mass is 9.82. The molecule has 0 spiro atoms. The van der Waals surface area contributed by atoms with Gasteiger partial charge in [0.2, 0.25) is 0 Å². The minimum atomic E-state index is 0.237. The Bertz CT molecular complexity index is 283. The quantitative estimate of drug-likeness (QED) is 0.736. The van der Waals surface area contributed by atoms with Crippen molar-refractivity contribution in [1.82, 2.24) is 20.6 Å². The highest BCUT2D eigenvalue weighted by Crippen LogP contribution is 2.42. The van der Waals surface area contributed by atoms with E-state index in [1.807, 2.05) is 0 Å². The van der Waals surface area contributed by atoms with Crippen molar-refractivity contribution in [3.63, 3.8) is 0 Å². The normalized spacial score (nSPS) is 32.3. The van der Waals surface area contributed by atoms with Crippen LogP contribution >= 0.6 is 0 Å². The monoisotopic (exact) mass is 195 g/mol. The van der Waals surface area contributed by atoms with Gasteiger partial charge in [0.15, 0.2) is 0 Å². The first kappa shape index (κ1) is 9.58. The standard InChI is InChI=1S/C9H17N5/c1-7-2-3-9(4-7,6-10)5-8-11-13-14-12-8/h7H,2-6,10H2,1H3,(H,11,12,13,14)/t7-,9-/m0/s1. The molecule has 2 atom stereocenters. The average Bonchev–Trinajstić information content (AvgIpc) is 2.77. The predicted octanol–water partition coefficient (Wildman–Crippen LogP) is 0.507. The smallest absolute Gasteiger partial charge is 0.149 e. The molecule has 1 fully saturated rings. The Kier molecular flexibility index (Phi) is 2.50. The van der Waals surface area contributed by atoms with E-state index in [9.17, 15) is 0 Å². The molecule has 5 nitrogen and oxygen atoms in total. The van der Waals surface area contributed by atoms with Crippen LogP contribution in [0.3, 0.4) is 0 Å². The van der Waals surface area contributed by atoms with E-state index in [4.69, 9.17) is 5.73 Å². The Balaban J connectivity index is 2.06. The fourth-order valence-electron chi connectivity index (χ4n) is 2.52. The maximum atomic E-state index is 5.87. The van der Waals surface area contributed by atoms with Gasteiger partial charge in [-0.05, 0) is 41.1 Å². The lowest BCUT2D eigenvalue weighted by Crippen LogP contribution is -2.30. The molecule has 0 bridgehead atoms. The number of nitrogens with zero attached hydrogens (tertiary/aromatic N) is 3. The van der Waals surface area contributed by atoms with Gasteiger partial charge < -0.3 is 5.73 Å². The summed E-state index contributed by atoms with van der Waals surface area (Å²) in [5.74, 6) is 1.65. The molecular formula is C9H17N5. The van der Waals surface area contributed by atoms with Crippen LogP contribution in [0.1, 0.15) is 32.0 Å². The zero-order valence-electron chi connectivity index (χ0n) is 8.53. The molecule has 0 amide bonds. The van der Waals surface area contributed by atoms with Crippen molar-refractivity contribution in [3.8, 4) is 0 Å². The SMILES string of the molecule is C[C@H]1CC[C@@](CN)(Cc2nnn[nH]2)C1. The summed E-state index contributed by atoms with van der Waals surface area (Å²) in [5.41, 5.74) is 6.10. The van der Waals surface area contributed by atoms with Crippen LogP contribution in [-0.4, -0.2) is 27.2 Å². The zero-order valence-corrected chi connectivity index (χ0v) is 8.53. The average molecular weight is 195 g/mol. The zero-order chi connectivity index (χ0) is 10.0. The lowest BCUT2D eigenvalue weighted by molar-refractivity contribution is 0.289. The third-order valence-corrected chi connectivity index (χ3v) is 3.31. The van der Waals surface area contributed by atoms with Crippen molar-refractivity contribution < 1.29 is 0 Å². The van der Waals surface area contributed by atoms with Gasteiger partial charge in [0.25, 0.3) is 0 Å². The summed E-state index contributed by atoms with van der Waals surface area (Å²) in [7, 11) is 0. The van der Waals surface area contributed by atoms with Crippen LogP contribution in [0.2, 0.25) is 0 Å². The van der Waals surface area contributed by atoms with E-state index in [2.05, 4.69) is 27.5 Å². The summed E-state index contributed by atoms with van der Waals surface area (Å²) in [6.45, 7) is 3.02. The Morgan fingerprint density at radius 2 is 2.50 bits per heavy atom. The molecule has 1 saturated carbocycles. The van der Waals surface area contributed by atoms with Gasteiger partial charge in [-0.1, -0.05) is 13.3 Å². The molecule has 0 saturated heterocycles. The first-order valence-electron chi connectivity index (χ1n) is 5.17. The lowest BCUT2D eigenvalue weighted by Gasteiger charge is -2.25. The highest BCUT2D eigenvalue weighted by atomic mass is 15.5. The summed E-state index contributed by atoms with van der Waals surface area (Å²) in [4.78, 5) is 0. The highest BCUT2D eigenvalue weighted by molar-refractivity contribution is 4.95. The van der Waals surface area contributed by atoms with E-state index in [1.54, 1.807) is 0 Å². The number of H-pyrrole nitrogens is 1. The molecular weight excluding hydrogens is 178 g/mol. The summed E-state index contributed by atoms with van der Waals surface area (Å²) in [6.07, 6.45) is 4.56. The molecule has 5 heteroatoms. The molecule has 78 valence electrons. The first-order valence-corrected chi connectivity index (χ1v) is 5.17. The Morgan fingerprint density at radius 1 is 1.64 bits per heavy atom. The minimum Gasteiger partial charge on any atom is -0.330 e. The Morgan fingerprint density at radius 3 is 3.00 bits per heavy atom. The van der Waals surface area contributed by atoms with Crippen LogP contribution in [0.5, 0.6) is 0 Å². The van der Waals surface area contributed by atoms with E-state index in [0.29, 0.717) is 0 Å². The van der Waals surface area contributed by atoms with E-state index in [-0.39, 0.29) is 5.41 Å². The van der Waals surface area contributed by atoms with E-state index in [1.165, 1.54) is 19.3 Å². The van der Waals surface area contributed by atoms with Crippen LogP contribution in [0.15, 0.2) is 0 Å². The second-order valence-corrected chi connectivity index (χ2v) is 4.58. The number of nitrogens with one attached hydrogen (secondary N) is 1. The van der Waals surface area contributed by atoms with Gasteiger partial charge in [0.1, 0.15) is 5.82 Å². The summed E-state index contributed by atoms with van der Waals surface area (Å²) in [6, 6.07) is 0. The van der Waals surface area contributed by atoms with Crippen LogP contribution in [-0.2, 0) is 6.42 Å². The van der Waals surface area contributed by atoms with Crippen LogP contribution in [0.4, 0.5) is 0 Å². The molecule has 0 unspecified atom stereocenters. The van der Waals surface area contributed by atoms with Gasteiger partial charge in [-0.25, -0.2) is 5.10 Å². The number of aromatic amines is 1. The largest absolute Gasteiger partial charge is 0.330 e. The molecule has 1 aromatic heterocycles. The summed E-state index contributed by atoms with van der Waals surface area (Å²) < 4.78 is 0. The van der Waals surface area contributed by atoms with Gasteiger partial charge in [-0.3, -0.25) is 0 Å². The Hall–Kier alpha value is -0.970. The topological polar surface area (TPSA) is 80.5 Å². The van der Waals surface area contributed by atoms with Gasteiger partial charge in [0, 0.05) is 6.42 Å². The van der Waals surface area contributed by atoms with Crippen molar-refractivity contribution in [2.24, 2.45) is 17.1 Å². The third kappa shape index (κ3) is 1.77. The maximum absolute atomic E-state index is 5.87. The summed E-state index contributed by atoms with van der Waals surface area (Å²) >= 11 is 0. The van der Waals surface area contributed by atoms with Crippen LogP contribution < -0.4 is 5.73 Å². The molecule has 3 N–H and O–H groups in total. The molecule has 0 aliphatic heterocycles. The highest BCUT2D eigenvalue weighted by Gasteiger charge is 2.37. The first-order chi connectivity index (χ1) is 6.74. The fraction of sp³-hybridized carbons (Fsp3) is 0.889.